The Labute approximate surface area is 80.8 Å². The quantitative estimate of drug-likeness (QED) is 0.707. The first-order valence-electron chi connectivity index (χ1n) is 4.71. The van der Waals surface area contributed by atoms with Crippen LogP contribution in [0, 0.1) is 5.92 Å². The highest BCUT2D eigenvalue weighted by Gasteiger charge is 2.20. The van der Waals surface area contributed by atoms with E-state index in [0.717, 1.165) is 11.1 Å². The van der Waals surface area contributed by atoms with Gasteiger partial charge in [-0.15, -0.1) is 0 Å². The number of aromatic amines is 1. The van der Waals surface area contributed by atoms with Gasteiger partial charge in [0.2, 0.25) is 0 Å². The number of nitrogens with one attached hydrogen (secondary N) is 2. The Morgan fingerprint density at radius 3 is 2.86 bits per heavy atom. The van der Waals surface area contributed by atoms with Crippen LogP contribution in [0.5, 0.6) is 0 Å². The maximum Gasteiger partial charge on any atom is 0.329 e. The Morgan fingerprint density at radius 1 is 1.57 bits per heavy atom. The Kier molecular flexibility index (Phi) is 2.15. The van der Waals surface area contributed by atoms with Crippen molar-refractivity contribution in [3.63, 3.8) is 0 Å². The topological polar surface area (TPSA) is 66.9 Å². The van der Waals surface area contributed by atoms with Gasteiger partial charge in [0, 0.05) is 19.7 Å². The number of hydrogen-bond acceptors (Lipinski definition) is 3. The van der Waals surface area contributed by atoms with Gasteiger partial charge in [-0.25, -0.2) is 4.79 Å². The Hall–Kier alpha value is -1.52. The van der Waals surface area contributed by atoms with Gasteiger partial charge in [-0.3, -0.25) is 14.3 Å². The third kappa shape index (κ3) is 1.86. The fourth-order valence-corrected chi connectivity index (χ4v) is 1.23. The van der Waals surface area contributed by atoms with Gasteiger partial charge < -0.3 is 5.32 Å². The fourth-order valence-electron chi connectivity index (χ4n) is 1.23. The van der Waals surface area contributed by atoms with Crippen molar-refractivity contribution >= 4 is 5.82 Å². The van der Waals surface area contributed by atoms with Crippen LogP contribution in [0.2, 0.25) is 0 Å². The zero-order valence-electron chi connectivity index (χ0n) is 8.04. The van der Waals surface area contributed by atoms with E-state index in [1.54, 1.807) is 0 Å². The third-order valence-corrected chi connectivity index (χ3v) is 2.42. The molecule has 0 spiro atoms. The lowest BCUT2D eigenvalue weighted by atomic mass is 10.4. The fraction of sp³-hybridized carbons (Fsp3) is 0.556. The van der Waals surface area contributed by atoms with Crippen molar-refractivity contribution in [1.82, 2.24) is 9.55 Å². The molecule has 1 heterocycles. The van der Waals surface area contributed by atoms with Crippen molar-refractivity contribution in [1.29, 1.82) is 0 Å². The second-order valence-electron chi connectivity index (χ2n) is 3.71. The third-order valence-electron chi connectivity index (χ3n) is 2.42. The van der Waals surface area contributed by atoms with E-state index in [9.17, 15) is 9.59 Å². The van der Waals surface area contributed by atoms with Crippen LogP contribution in [0.15, 0.2) is 15.7 Å². The van der Waals surface area contributed by atoms with Gasteiger partial charge in [-0.2, -0.15) is 0 Å². The first-order chi connectivity index (χ1) is 6.66. The predicted octanol–water partition coefficient (Wildman–Crippen LogP) is -0.105. The van der Waals surface area contributed by atoms with Crippen LogP contribution in [0.25, 0.3) is 0 Å². The maximum atomic E-state index is 11.2. The molecule has 76 valence electrons. The van der Waals surface area contributed by atoms with Crippen LogP contribution in [0.1, 0.15) is 12.8 Å². The highest BCUT2D eigenvalue weighted by molar-refractivity contribution is 5.32. The van der Waals surface area contributed by atoms with Gasteiger partial charge >= 0.3 is 5.69 Å². The minimum Gasteiger partial charge on any atom is -0.371 e. The summed E-state index contributed by atoms with van der Waals surface area (Å²) >= 11 is 0. The molecule has 5 nitrogen and oxygen atoms in total. The van der Waals surface area contributed by atoms with E-state index in [0.29, 0.717) is 11.7 Å². The molecule has 5 heteroatoms. The van der Waals surface area contributed by atoms with Crippen LogP contribution in [-0.4, -0.2) is 16.1 Å². The standard InChI is InChI=1S/C9H13N3O2/c1-12-8(13)4-7(11-9(12)14)10-5-6-2-3-6/h4,6,10H,2-3,5H2,1H3,(H,11,14). The second-order valence-corrected chi connectivity index (χ2v) is 3.71. The number of H-pyrrole nitrogens is 1. The minimum absolute atomic E-state index is 0.285. The molecule has 0 aromatic carbocycles. The number of anilines is 1. The molecule has 0 bridgehead atoms. The zero-order valence-corrected chi connectivity index (χ0v) is 8.04. The van der Waals surface area contributed by atoms with Crippen LogP contribution in [0.4, 0.5) is 5.82 Å². The van der Waals surface area contributed by atoms with Crippen molar-refractivity contribution in [3.8, 4) is 0 Å². The molecule has 1 aromatic rings. The van der Waals surface area contributed by atoms with Crippen LogP contribution in [-0.2, 0) is 7.05 Å². The van der Waals surface area contributed by atoms with E-state index in [-0.39, 0.29) is 11.2 Å². The molecule has 0 amide bonds. The molecule has 1 aromatic heterocycles. The molecule has 0 unspecified atom stereocenters. The summed E-state index contributed by atoms with van der Waals surface area (Å²) in [4.78, 5) is 25.0. The Morgan fingerprint density at radius 2 is 2.29 bits per heavy atom. The molecule has 1 aliphatic rings. The van der Waals surface area contributed by atoms with Gasteiger partial charge in [-0.05, 0) is 18.8 Å². The molecule has 0 atom stereocenters. The van der Waals surface area contributed by atoms with Crippen molar-refractivity contribution < 1.29 is 0 Å². The van der Waals surface area contributed by atoms with E-state index in [1.807, 2.05) is 0 Å². The zero-order chi connectivity index (χ0) is 10.1. The van der Waals surface area contributed by atoms with E-state index in [1.165, 1.54) is 26.0 Å². The van der Waals surface area contributed by atoms with Gasteiger partial charge in [0.15, 0.2) is 0 Å². The lowest BCUT2D eigenvalue weighted by molar-refractivity contribution is 0.772. The van der Waals surface area contributed by atoms with Crippen LogP contribution >= 0.6 is 0 Å². The predicted molar refractivity (Wildman–Crippen MR) is 53.5 cm³/mol. The van der Waals surface area contributed by atoms with Crippen molar-refractivity contribution in [2.75, 3.05) is 11.9 Å². The second kappa shape index (κ2) is 3.32. The summed E-state index contributed by atoms with van der Waals surface area (Å²) in [6, 6.07) is 1.41. The average molecular weight is 195 g/mol. The van der Waals surface area contributed by atoms with Gasteiger partial charge in [0.1, 0.15) is 5.82 Å². The Balaban J connectivity index is 2.17. The molecule has 14 heavy (non-hydrogen) atoms. The maximum absolute atomic E-state index is 11.2. The van der Waals surface area contributed by atoms with E-state index in [4.69, 9.17) is 0 Å². The number of hydrogen-bond donors (Lipinski definition) is 2. The smallest absolute Gasteiger partial charge is 0.329 e. The summed E-state index contributed by atoms with van der Waals surface area (Å²) in [6.45, 7) is 0.836. The number of aromatic nitrogens is 2. The summed E-state index contributed by atoms with van der Waals surface area (Å²) in [5.74, 6) is 1.23. The van der Waals surface area contributed by atoms with E-state index in [2.05, 4.69) is 10.3 Å². The van der Waals surface area contributed by atoms with Crippen molar-refractivity contribution in [2.24, 2.45) is 13.0 Å². The van der Waals surface area contributed by atoms with Crippen molar-refractivity contribution in [2.45, 2.75) is 12.8 Å². The van der Waals surface area contributed by atoms with Gasteiger partial charge in [0.05, 0.1) is 0 Å². The number of nitrogens with zero attached hydrogens (tertiary/aromatic N) is 1. The molecular weight excluding hydrogens is 182 g/mol. The lowest BCUT2D eigenvalue weighted by Gasteiger charge is -2.04. The summed E-state index contributed by atoms with van der Waals surface area (Å²) in [6.07, 6.45) is 2.48. The van der Waals surface area contributed by atoms with Gasteiger partial charge in [0.25, 0.3) is 5.56 Å². The summed E-state index contributed by atoms with van der Waals surface area (Å²) in [5.41, 5.74) is -0.664. The molecule has 0 aliphatic heterocycles. The molecule has 1 saturated carbocycles. The monoisotopic (exact) mass is 195 g/mol. The van der Waals surface area contributed by atoms with Crippen molar-refractivity contribution in [3.05, 3.63) is 26.9 Å². The Bertz CT molecular complexity index is 411. The molecule has 0 radical (unpaired) electrons. The highest BCUT2D eigenvalue weighted by atomic mass is 16.2. The van der Waals surface area contributed by atoms with Crippen LogP contribution < -0.4 is 16.6 Å². The summed E-state index contributed by atoms with van der Waals surface area (Å²) in [7, 11) is 1.45. The average Bonchev–Trinajstić information content (AvgIpc) is 2.94. The molecule has 1 fully saturated rings. The summed E-state index contributed by atoms with van der Waals surface area (Å²) < 4.78 is 1.04. The lowest BCUT2D eigenvalue weighted by Crippen LogP contribution is -2.32. The first kappa shape index (κ1) is 9.05. The molecule has 2 rings (SSSR count). The van der Waals surface area contributed by atoms with E-state index >= 15 is 0 Å². The number of rotatable bonds is 3. The van der Waals surface area contributed by atoms with Gasteiger partial charge in [-0.1, -0.05) is 0 Å². The summed E-state index contributed by atoms with van der Waals surface area (Å²) in [5, 5.41) is 3.05. The normalized spacial score (nSPS) is 15.5. The minimum atomic E-state index is -0.379. The molecule has 1 aliphatic carbocycles. The molecule has 2 N–H and O–H groups in total. The SMILES string of the molecule is Cn1c(=O)cc(NCC2CC2)[nH]c1=O. The molecule has 0 saturated heterocycles. The molecular formula is C9H13N3O2. The first-order valence-corrected chi connectivity index (χ1v) is 4.71. The van der Waals surface area contributed by atoms with Crippen LogP contribution in [0.3, 0.4) is 0 Å². The van der Waals surface area contributed by atoms with E-state index < -0.39 is 0 Å². The largest absolute Gasteiger partial charge is 0.371 e. The highest BCUT2D eigenvalue weighted by Crippen LogP contribution is 2.28.